The summed E-state index contributed by atoms with van der Waals surface area (Å²) in [4.78, 5) is 28.7. The van der Waals surface area contributed by atoms with E-state index in [1.165, 1.54) is 12.6 Å². The van der Waals surface area contributed by atoms with Crippen LogP contribution in [0.4, 0.5) is 5.69 Å². The van der Waals surface area contributed by atoms with Gasteiger partial charge in [-0.15, -0.1) is 0 Å². The number of benzene rings is 3. The molecule has 0 aliphatic carbocycles. The zero-order valence-electron chi connectivity index (χ0n) is 23.3. The van der Waals surface area contributed by atoms with Gasteiger partial charge in [0, 0.05) is 44.5 Å². The van der Waals surface area contributed by atoms with Crippen LogP contribution in [0.2, 0.25) is 0 Å². The van der Waals surface area contributed by atoms with E-state index >= 15 is 0 Å². The zero-order valence-corrected chi connectivity index (χ0v) is 23.3. The molecule has 9 heteroatoms. The van der Waals surface area contributed by atoms with Crippen LogP contribution >= 0.6 is 0 Å². The average molecular weight is 545 g/mol. The molecule has 1 N–H and O–H groups in total. The summed E-state index contributed by atoms with van der Waals surface area (Å²) < 4.78 is 17.0. The van der Waals surface area contributed by atoms with Gasteiger partial charge in [-0.1, -0.05) is 18.2 Å². The van der Waals surface area contributed by atoms with Gasteiger partial charge in [0.1, 0.15) is 12.4 Å². The number of methoxy groups -OCH3 is 1. The van der Waals surface area contributed by atoms with Crippen molar-refractivity contribution in [3.63, 3.8) is 0 Å². The minimum atomic E-state index is -0.373. The molecule has 0 spiro atoms. The van der Waals surface area contributed by atoms with E-state index in [0.717, 1.165) is 42.7 Å². The maximum absolute atomic E-state index is 12.7. The fourth-order valence-electron chi connectivity index (χ4n) is 4.28. The number of hydrogen-bond donors (Lipinski definition) is 1. The maximum Gasteiger partial charge on any atom is 0.277 e. The minimum Gasteiger partial charge on any atom is -0.493 e. The lowest BCUT2D eigenvalue weighted by atomic mass is 10.1. The number of piperidine rings is 1. The predicted molar refractivity (Wildman–Crippen MR) is 156 cm³/mol. The monoisotopic (exact) mass is 544 g/mol. The van der Waals surface area contributed by atoms with E-state index in [1.54, 1.807) is 25.3 Å². The second-order valence-electron chi connectivity index (χ2n) is 9.72. The molecule has 40 heavy (non-hydrogen) atoms. The summed E-state index contributed by atoms with van der Waals surface area (Å²) in [5, 5.41) is 4.01. The Labute approximate surface area is 235 Å². The van der Waals surface area contributed by atoms with E-state index in [1.807, 2.05) is 72.4 Å². The van der Waals surface area contributed by atoms with Crippen LogP contribution in [0.3, 0.4) is 0 Å². The summed E-state index contributed by atoms with van der Waals surface area (Å²) in [7, 11) is 5.44. The number of carbonyl (C=O) groups excluding carboxylic acids is 2. The number of likely N-dealkylation sites (tertiary alicyclic amines) is 1. The number of ether oxygens (including phenoxy) is 3. The van der Waals surface area contributed by atoms with E-state index < -0.39 is 0 Å². The smallest absolute Gasteiger partial charge is 0.277 e. The quantitative estimate of drug-likeness (QED) is 0.282. The van der Waals surface area contributed by atoms with Gasteiger partial charge in [-0.3, -0.25) is 9.59 Å². The Hall–Kier alpha value is -4.53. The second-order valence-corrected chi connectivity index (χ2v) is 9.72. The fourth-order valence-corrected chi connectivity index (χ4v) is 4.28. The Kier molecular flexibility index (Phi) is 9.99. The first-order valence-electron chi connectivity index (χ1n) is 13.3. The molecule has 0 bridgehead atoms. The third kappa shape index (κ3) is 7.99. The molecule has 1 aliphatic heterocycles. The molecule has 1 saturated heterocycles. The highest BCUT2D eigenvalue weighted by Gasteiger charge is 2.18. The van der Waals surface area contributed by atoms with Gasteiger partial charge in [0.25, 0.3) is 11.8 Å². The molecular formula is C31H36N4O5. The van der Waals surface area contributed by atoms with E-state index in [4.69, 9.17) is 14.2 Å². The molecule has 9 nitrogen and oxygen atoms in total. The van der Waals surface area contributed by atoms with Gasteiger partial charge in [0.2, 0.25) is 0 Å². The molecular weight excluding hydrogens is 508 g/mol. The van der Waals surface area contributed by atoms with Gasteiger partial charge in [-0.25, -0.2) is 5.43 Å². The third-order valence-corrected chi connectivity index (χ3v) is 6.53. The van der Waals surface area contributed by atoms with E-state index in [9.17, 15) is 9.59 Å². The Bertz CT molecular complexity index is 1320. The second kappa shape index (κ2) is 14.0. The molecule has 4 rings (SSSR count). The van der Waals surface area contributed by atoms with Gasteiger partial charge in [-0.05, 0) is 72.9 Å². The number of rotatable bonds is 11. The molecule has 0 atom stereocenters. The van der Waals surface area contributed by atoms with Gasteiger partial charge >= 0.3 is 0 Å². The summed E-state index contributed by atoms with van der Waals surface area (Å²) in [5.74, 6) is 1.43. The number of hydrazone groups is 1. The van der Waals surface area contributed by atoms with Crippen molar-refractivity contribution in [2.45, 2.75) is 25.9 Å². The molecule has 0 aromatic heterocycles. The normalized spacial score (nSPS) is 13.1. The van der Waals surface area contributed by atoms with E-state index in [0.29, 0.717) is 29.4 Å². The first-order valence-corrected chi connectivity index (χ1v) is 13.3. The van der Waals surface area contributed by atoms with Crippen LogP contribution in [0.5, 0.6) is 17.2 Å². The molecule has 1 fully saturated rings. The van der Waals surface area contributed by atoms with Crippen LogP contribution in [0.25, 0.3) is 0 Å². The number of hydrogen-bond acceptors (Lipinski definition) is 7. The highest BCUT2D eigenvalue weighted by atomic mass is 16.5. The summed E-state index contributed by atoms with van der Waals surface area (Å²) in [6.45, 7) is 1.83. The number of amides is 2. The molecule has 0 unspecified atom stereocenters. The van der Waals surface area contributed by atoms with Crippen LogP contribution in [0, 0.1) is 0 Å². The topological polar surface area (TPSA) is 92.7 Å². The van der Waals surface area contributed by atoms with Gasteiger partial charge in [0.05, 0.1) is 13.3 Å². The van der Waals surface area contributed by atoms with E-state index in [2.05, 4.69) is 10.5 Å². The lowest BCUT2D eigenvalue weighted by Gasteiger charge is -2.26. The zero-order chi connectivity index (χ0) is 28.3. The molecule has 1 aliphatic rings. The van der Waals surface area contributed by atoms with Gasteiger partial charge in [0.15, 0.2) is 18.1 Å². The SMILES string of the molecule is COc1cc(/C=N/NC(=O)COc2cccc(N(C)C)c2)ccc1OCc1ccc(C(=O)N2CCCCC2)cc1. The van der Waals surface area contributed by atoms with Crippen LogP contribution in [-0.4, -0.2) is 63.8 Å². The van der Waals surface area contributed by atoms with Crippen molar-refractivity contribution >= 4 is 23.7 Å². The highest BCUT2D eigenvalue weighted by molar-refractivity contribution is 5.94. The maximum atomic E-state index is 12.7. The standard InChI is InChI=1S/C31H36N4O5/c1-34(2)26-8-7-9-27(19-26)39-22-30(36)33-32-20-24-12-15-28(29(18-24)38-3)40-21-23-10-13-25(14-11-23)31(37)35-16-5-4-6-17-35/h7-15,18-20H,4-6,16-17,21-22H2,1-3H3,(H,33,36)/b32-20+. The van der Waals surface area contributed by atoms with Crippen LogP contribution in [0.15, 0.2) is 71.8 Å². The summed E-state index contributed by atoms with van der Waals surface area (Å²) in [6, 6.07) is 20.4. The molecule has 1 heterocycles. The first kappa shape index (κ1) is 28.5. The highest BCUT2D eigenvalue weighted by Crippen LogP contribution is 2.28. The molecule has 0 radical (unpaired) electrons. The predicted octanol–water partition coefficient (Wildman–Crippen LogP) is 4.50. The lowest BCUT2D eigenvalue weighted by Crippen LogP contribution is -2.35. The molecule has 0 saturated carbocycles. The summed E-state index contributed by atoms with van der Waals surface area (Å²) >= 11 is 0. The molecule has 210 valence electrons. The van der Waals surface area contributed by atoms with Crippen molar-refractivity contribution in [3.05, 3.63) is 83.4 Å². The number of anilines is 1. The van der Waals surface area contributed by atoms with Crippen molar-refractivity contribution in [2.24, 2.45) is 5.10 Å². The average Bonchev–Trinajstić information content (AvgIpc) is 2.99. The fraction of sp³-hybridized carbons (Fsp3) is 0.323. The minimum absolute atomic E-state index is 0.0876. The van der Waals surface area contributed by atoms with Crippen LogP contribution in [-0.2, 0) is 11.4 Å². The van der Waals surface area contributed by atoms with Gasteiger partial charge < -0.3 is 24.0 Å². The van der Waals surface area contributed by atoms with Crippen LogP contribution < -0.4 is 24.5 Å². The largest absolute Gasteiger partial charge is 0.493 e. The van der Waals surface area contributed by atoms with Crippen molar-refractivity contribution in [2.75, 3.05) is 45.8 Å². The van der Waals surface area contributed by atoms with Crippen molar-refractivity contribution in [3.8, 4) is 17.2 Å². The first-order chi connectivity index (χ1) is 19.4. The number of carbonyl (C=O) groups is 2. The number of nitrogens with one attached hydrogen (secondary N) is 1. The van der Waals surface area contributed by atoms with Crippen molar-refractivity contribution in [1.29, 1.82) is 0 Å². The van der Waals surface area contributed by atoms with Gasteiger partial charge in [-0.2, -0.15) is 5.10 Å². The summed E-state index contributed by atoms with van der Waals surface area (Å²) in [5.41, 5.74) is 5.82. The number of nitrogens with zero attached hydrogens (tertiary/aromatic N) is 3. The van der Waals surface area contributed by atoms with E-state index in [-0.39, 0.29) is 18.4 Å². The van der Waals surface area contributed by atoms with Crippen molar-refractivity contribution in [1.82, 2.24) is 10.3 Å². The Balaban J connectivity index is 1.26. The Morgan fingerprint density at radius 2 is 1.73 bits per heavy atom. The molecule has 3 aromatic rings. The van der Waals surface area contributed by atoms with Crippen LogP contribution in [0.1, 0.15) is 40.7 Å². The molecule has 2 amide bonds. The Morgan fingerprint density at radius 1 is 0.950 bits per heavy atom. The molecule has 3 aromatic carbocycles. The van der Waals surface area contributed by atoms with Crippen molar-refractivity contribution < 1.29 is 23.8 Å². The third-order valence-electron chi connectivity index (χ3n) is 6.53. The lowest BCUT2D eigenvalue weighted by molar-refractivity contribution is -0.123. The Morgan fingerprint density at radius 3 is 2.45 bits per heavy atom. The summed E-state index contributed by atoms with van der Waals surface area (Å²) in [6.07, 6.45) is 4.85.